The van der Waals surface area contributed by atoms with Crippen LogP contribution in [-0.4, -0.2) is 12.5 Å². The summed E-state index contributed by atoms with van der Waals surface area (Å²) in [4.78, 5) is 10.6. The average Bonchev–Trinajstić information content (AvgIpc) is 2.17. The van der Waals surface area contributed by atoms with Crippen LogP contribution in [0.15, 0.2) is 24.3 Å². The zero-order valence-corrected chi connectivity index (χ0v) is 8.36. The fourth-order valence-corrected chi connectivity index (χ4v) is 1.30. The molecule has 4 N–H and O–H groups in total. The molecule has 1 atom stereocenters. The fraction of sp³-hybridized carbons (Fsp3) is 0.364. The number of primary amides is 1. The highest BCUT2D eigenvalue weighted by Crippen LogP contribution is 2.14. The monoisotopic (exact) mass is 192 g/mol. The summed E-state index contributed by atoms with van der Waals surface area (Å²) in [5.74, 6) is 0.0576. The SMILES string of the molecule is CC(CN)c1ccc(CC(N)=O)cc1. The van der Waals surface area contributed by atoms with E-state index in [-0.39, 0.29) is 5.91 Å². The molecule has 0 heterocycles. The van der Waals surface area contributed by atoms with Gasteiger partial charge in [0.2, 0.25) is 5.91 Å². The van der Waals surface area contributed by atoms with Crippen LogP contribution in [0.2, 0.25) is 0 Å². The maximum absolute atomic E-state index is 10.6. The van der Waals surface area contributed by atoms with Crippen LogP contribution >= 0.6 is 0 Å². The smallest absolute Gasteiger partial charge is 0.221 e. The largest absolute Gasteiger partial charge is 0.369 e. The summed E-state index contributed by atoms with van der Waals surface area (Å²) < 4.78 is 0. The van der Waals surface area contributed by atoms with Crippen molar-refractivity contribution in [3.8, 4) is 0 Å². The molecule has 1 unspecified atom stereocenters. The van der Waals surface area contributed by atoms with Gasteiger partial charge in [-0.1, -0.05) is 31.2 Å². The Labute approximate surface area is 84.1 Å². The number of rotatable bonds is 4. The van der Waals surface area contributed by atoms with Crippen molar-refractivity contribution < 1.29 is 4.79 Å². The molecule has 0 spiro atoms. The lowest BCUT2D eigenvalue weighted by Crippen LogP contribution is -2.14. The third-order valence-corrected chi connectivity index (χ3v) is 2.28. The van der Waals surface area contributed by atoms with E-state index in [1.165, 1.54) is 5.56 Å². The van der Waals surface area contributed by atoms with Crippen LogP contribution < -0.4 is 11.5 Å². The topological polar surface area (TPSA) is 69.1 Å². The maximum atomic E-state index is 10.6. The molecule has 1 aromatic rings. The Hall–Kier alpha value is -1.35. The molecule has 0 radical (unpaired) electrons. The standard InChI is InChI=1S/C11H16N2O/c1-8(7-12)10-4-2-9(3-5-10)6-11(13)14/h2-5,8H,6-7,12H2,1H3,(H2,13,14). The van der Waals surface area contributed by atoms with Crippen LogP contribution in [0.4, 0.5) is 0 Å². The van der Waals surface area contributed by atoms with Gasteiger partial charge in [0.05, 0.1) is 6.42 Å². The number of benzene rings is 1. The van der Waals surface area contributed by atoms with Gasteiger partial charge < -0.3 is 11.5 Å². The Balaban J connectivity index is 2.73. The van der Waals surface area contributed by atoms with Crippen molar-refractivity contribution in [3.63, 3.8) is 0 Å². The zero-order chi connectivity index (χ0) is 10.6. The van der Waals surface area contributed by atoms with Gasteiger partial charge in [-0.05, 0) is 23.6 Å². The van der Waals surface area contributed by atoms with Gasteiger partial charge in [0.1, 0.15) is 0 Å². The molecule has 3 heteroatoms. The van der Waals surface area contributed by atoms with Crippen LogP contribution in [0.5, 0.6) is 0 Å². The first-order valence-electron chi connectivity index (χ1n) is 4.70. The van der Waals surface area contributed by atoms with Crippen molar-refractivity contribution in [1.29, 1.82) is 0 Å². The second-order valence-corrected chi connectivity index (χ2v) is 3.52. The summed E-state index contributed by atoms with van der Waals surface area (Å²) in [5.41, 5.74) is 12.8. The third-order valence-electron chi connectivity index (χ3n) is 2.28. The molecule has 0 aliphatic heterocycles. The quantitative estimate of drug-likeness (QED) is 0.740. The number of nitrogens with two attached hydrogens (primary N) is 2. The summed E-state index contributed by atoms with van der Waals surface area (Å²) in [5, 5.41) is 0. The van der Waals surface area contributed by atoms with Crippen LogP contribution in [0.3, 0.4) is 0 Å². The minimum Gasteiger partial charge on any atom is -0.369 e. The van der Waals surface area contributed by atoms with E-state index in [9.17, 15) is 4.79 Å². The molecule has 3 nitrogen and oxygen atoms in total. The molecule has 1 amide bonds. The molecule has 76 valence electrons. The van der Waals surface area contributed by atoms with Crippen LogP contribution in [0.25, 0.3) is 0 Å². The first-order chi connectivity index (χ1) is 6.63. The van der Waals surface area contributed by atoms with Crippen molar-refractivity contribution in [2.75, 3.05) is 6.54 Å². The highest BCUT2D eigenvalue weighted by molar-refractivity contribution is 5.76. The first-order valence-corrected chi connectivity index (χ1v) is 4.70. The molecular weight excluding hydrogens is 176 g/mol. The molecule has 0 bridgehead atoms. The predicted molar refractivity (Wildman–Crippen MR) is 56.8 cm³/mol. The Kier molecular flexibility index (Phi) is 3.65. The number of carbonyl (C=O) groups is 1. The molecule has 0 saturated carbocycles. The molecule has 0 aliphatic carbocycles. The zero-order valence-electron chi connectivity index (χ0n) is 8.36. The summed E-state index contributed by atoms with van der Waals surface area (Å²) in [6.07, 6.45) is 0.303. The minimum atomic E-state index is -0.301. The number of amides is 1. The summed E-state index contributed by atoms with van der Waals surface area (Å²) in [6.45, 7) is 2.71. The van der Waals surface area contributed by atoms with E-state index in [1.54, 1.807) is 0 Å². The van der Waals surface area contributed by atoms with Crippen molar-refractivity contribution in [2.45, 2.75) is 19.3 Å². The van der Waals surface area contributed by atoms with E-state index >= 15 is 0 Å². The Morgan fingerprint density at radius 2 is 1.93 bits per heavy atom. The fourth-order valence-electron chi connectivity index (χ4n) is 1.30. The lowest BCUT2D eigenvalue weighted by atomic mass is 9.99. The number of hydrogen-bond donors (Lipinski definition) is 2. The van der Waals surface area contributed by atoms with Gasteiger partial charge in [-0.15, -0.1) is 0 Å². The van der Waals surface area contributed by atoms with Gasteiger partial charge in [0, 0.05) is 0 Å². The number of carbonyl (C=O) groups excluding carboxylic acids is 1. The second-order valence-electron chi connectivity index (χ2n) is 3.52. The van der Waals surface area contributed by atoms with E-state index < -0.39 is 0 Å². The van der Waals surface area contributed by atoms with Crippen molar-refractivity contribution >= 4 is 5.91 Å². The van der Waals surface area contributed by atoms with Crippen molar-refractivity contribution in [1.82, 2.24) is 0 Å². The minimum absolute atomic E-state index is 0.301. The molecule has 1 rings (SSSR count). The van der Waals surface area contributed by atoms with Crippen LogP contribution in [0.1, 0.15) is 24.0 Å². The van der Waals surface area contributed by atoms with E-state index in [1.807, 2.05) is 24.3 Å². The molecular formula is C11H16N2O. The summed E-state index contributed by atoms with van der Waals surface area (Å²) >= 11 is 0. The summed E-state index contributed by atoms with van der Waals surface area (Å²) in [6, 6.07) is 7.84. The third kappa shape index (κ3) is 2.85. The lowest BCUT2D eigenvalue weighted by molar-refractivity contribution is -0.117. The Bertz CT molecular complexity index is 306. The van der Waals surface area contributed by atoms with E-state index in [0.717, 1.165) is 5.56 Å². The average molecular weight is 192 g/mol. The molecule has 1 aromatic carbocycles. The van der Waals surface area contributed by atoms with E-state index in [0.29, 0.717) is 18.9 Å². The van der Waals surface area contributed by atoms with Crippen molar-refractivity contribution in [3.05, 3.63) is 35.4 Å². The number of hydrogen-bond acceptors (Lipinski definition) is 2. The molecule has 0 saturated heterocycles. The normalized spacial score (nSPS) is 12.4. The van der Waals surface area contributed by atoms with E-state index in [2.05, 4.69) is 6.92 Å². The van der Waals surface area contributed by atoms with Gasteiger partial charge in [-0.25, -0.2) is 0 Å². The van der Waals surface area contributed by atoms with Gasteiger partial charge in [-0.3, -0.25) is 4.79 Å². The van der Waals surface area contributed by atoms with Crippen molar-refractivity contribution in [2.24, 2.45) is 11.5 Å². The van der Waals surface area contributed by atoms with Gasteiger partial charge >= 0.3 is 0 Å². The molecule has 14 heavy (non-hydrogen) atoms. The van der Waals surface area contributed by atoms with Gasteiger partial charge in [0.25, 0.3) is 0 Å². The highest BCUT2D eigenvalue weighted by atomic mass is 16.1. The highest BCUT2D eigenvalue weighted by Gasteiger charge is 2.03. The summed E-state index contributed by atoms with van der Waals surface area (Å²) in [7, 11) is 0. The van der Waals surface area contributed by atoms with E-state index in [4.69, 9.17) is 11.5 Å². The lowest BCUT2D eigenvalue weighted by Gasteiger charge is -2.08. The predicted octanol–water partition coefficient (Wildman–Crippen LogP) is 0.777. The second kappa shape index (κ2) is 4.77. The van der Waals surface area contributed by atoms with Crippen LogP contribution in [0, 0.1) is 0 Å². The Morgan fingerprint density at radius 3 is 2.36 bits per heavy atom. The van der Waals surface area contributed by atoms with Crippen LogP contribution in [-0.2, 0) is 11.2 Å². The molecule has 0 aliphatic rings. The molecule has 0 fully saturated rings. The Morgan fingerprint density at radius 1 is 1.36 bits per heavy atom. The van der Waals surface area contributed by atoms with Gasteiger partial charge in [-0.2, -0.15) is 0 Å². The van der Waals surface area contributed by atoms with Gasteiger partial charge in [0.15, 0.2) is 0 Å². The first kappa shape index (κ1) is 10.7. The molecule has 0 aromatic heterocycles. The maximum Gasteiger partial charge on any atom is 0.221 e.